The normalized spacial score (nSPS) is 12.8. The second-order valence-electron chi connectivity index (χ2n) is 5.93. The lowest BCUT2D eigenvalue weighted by Gasteiger charge is -2.10. The molecule has 1 atom stereocenters. The highest BCUT2D eigenvalue weighted by Crippen LogP contribution is 2.18. The molecule has 0 bridgehead atoms. The Kier molecular flexibility index (Phi) is 15.1. The Morgan fingerprint density at radius 2 is 0.889 bits per heavy atom. The van der Waals surface area contributed by atoms with Crippen LogP contribution in [0.5, 0.6) is 0 Å². The van der Waals surface area contributed by atoms with E-state index in [4.69, 9.17) is 0 Å². The van der Waals surface area contributed by atoms with Crippen molar-refractivity contribution >= 4 is 0 Å². The van der Waals surface area contributed by atoms with Crippen molar-refractivity contribution in [3.63, 3.8) is 0 Å². The van der Waals surface area contributed by atoms with Crippen LogP contribution < -0.4 is 0 Å². The monoisotopic (exact) mass is 252 g/mol. The van der Waals surface area contributed by atoms with Gasteiger partial charge in [-0.3, -0.25) is 0 Å². The quantitative estimate of drug-likeness (QED) is 0.300. The van der Waals surface area contributed by atoms with Gasteiger partial charge in [0.05, 0.1) is 0 Å². The molecule has 0 aromatic heterocycles. The second-order valence-corrected chi connectivity index (χ2v) is 5.93. The summed E-state index contributed by atoms with van der Waals surface area (Å²) in [6.45, 7) is 10.2. The van der Waals surface area contributed by atoms with Gasteiger partial charge in [-0.05, 0) is 5.92 Å². The maximum atomic E-state index is 3.90. The van der Waals surface area contributed by atoms with Crippen molar-refractivity contribution in [1.29, 1.82) is 0 Å². The number of unbranched alkanes of at least 4 members (excludes halogenated alkanes) is 10. The van der Waals surface area contributed by atoms with Crippen molar-refractivity contribution in [3.05, 3.63) is 13.8 Å². The van der Waals surface area contributed by atoms with Crippen molar-refractivity contribution < 1.29 is 0 Å². The highest BCUT2D eigenvalue weighted by atomic mass is 14.1. The lowest BCUT2D eigenvalue weighted by molar-refractivity contribution is 0.434. The molecule has 0 rings (SSSR count). The van der Waals surface area contributed by atoms with E-state index in [1.807, 2.05) is 0 Å². The standard InChI is InChI=1S/C18H36/c1-4-6-8-10-11-12-13-15-17-18(3)16-14-9-7-5-2/h18H,1-2,4-17H2,3H3. The van der Waals surface area contributed by atoms with Crippen LogP contribution in [-0.4, -0.2) is 0 Å². The lowest BCUT2D eigenvalue weighted by atomic mass is 9.96. The Morgan fingerprint density at radius 1 is 0.556 bits per heavy atom. The van der Waals surface area contributed by atoms with Crippen LogP contribution in [0, 0.1) is 19.8 Å². The molecule has 0 aliphatic heterocycles. The minimum Gasteiger partial charge on any atom is -0.0625 e. The Bertz CT molecular complexity index is 139. The Labute approximate surface area is 117 Å². The van der Waals surface area contributed by atoms with Crippen molar-refractivity contribution in [2.45, 2.75) is 96.8 Å². The third-order valence-corrected chi connectivity index (χ3v) is 3.89. The van der Waals surface area contributed by atoms with E-state index >= 15 is 0 Å². The number of hydrogen-bond donors (Lipinski definition) is 0. The zero-order chi connectivity index (χ0) is 13.5. The van der Waals surface area contributed by atoms with Crippen LogP contribution in [0.25, 0.3) is 0 Å². The molecular weight excluding hydrogens is 216 g/mol. The molecule has 2 radical (unpaired) electrons. The van der Waals surface area contributed by atoms with E-state index in [9.17, 15) is 0 Å². The van der Waals surface area contributed by atoms with Crippen LogP contribution in [0.4, 0.5) is 0 Å². The fourth-order valence-corrected chi connectivity index (χ4v) is 2.54. The molecule has 0 saturated carbocycles. The molecule has 0 aliphatic carbocycles. The average molecular weight is 252 g/mol. The molecule has 0 aromatic rings. The summed E-state index contributed by atoms with van der Waals surface area (Å²) in [5.74, 6) is 0.945. The average Bonchev–Trinajstić information content (AvgIpc) is 2.38. The summed E-state index contributed by atoms with van der Waals surface area (Å²) >= 11 is 0. The molecule has 108 valence electrons. The van der Waals surface area contributed by atoms with Crippen LogP contribution in [0.15, 0.2) is 0 Å². The highest BCUT2D eigenvalue weighted by molar-refractivity contribution is 4.56. The van der Waals surface area contributed by atoms with E-state index in [0.29, 0.717) is 0 Å². The molecule has 0 heterocycles. The summed E-state index contributed by atoms with van der Waals surface area (Å²) in [4.78, 5) is 0. The first kappa shape index (κ1) is 18.0. The molecule has 0 N–H and O–H groups in total. The van der Waals surface area contributed by atoms with Gasteiger partial charge in [0.2, 0.25) is 0 Å². The van der Waals surface area contributed by atoms with Gasteiger partial charge < -0.3 is 0 Å². The third-order valence-electron chi connectivity index (χ3n) is 3.89. The molecule has 0 saturated heterocycles. The molecular formula is C18H36. The Balaban J connectivity index is 3.08. The molecule has 18 heavy (non-hydrogen) atoms. The summed E-state index contributed by atoms with van der Waals surface area (Å²) in [5, 5.41) is 0. The molecule has 0 fully saturated rings. The topological polar surface area (TPSA) is 0 Å². The maximum absolute atomic E-state index is 3.90. The fourth-order valence-electron chi connectivity index (χ4n) is 2.54. The van der Waals surface area contributed by atoms with Gasteiger partial charge in [-0.15, -0.1) is 0 Å². The lowest BCUT2D eigenvalue weighted by Crippen LogP contribution is -1.95. The van der Waals surface area contributed by atoms with Gasteiger partial charge in [0, 0.05) is 0 Å². The minimum atomic E-state index is 0.945. The predicted molar refractivity (Wildman–Crippen MR) is 84.5 cm³/mol. The summed E-state index contributed by atoms with van der Waals surface area (Å²) in [6, 6.07) is 0. The summed E-state index contributed by atoms with van der Waals surface area (Å²) in [5.41, 5.74) is 0. The highest BCUT2D eigenvalue weighted by Gasteiger charge is 2.01. The molecule has 0 nitrogen and oxygen atoms in total. The smallest absolute Gasteiger partial charge is 0.0443 e. The number of hydrogen-bond acceptors (Lipinski definition) is 0. The molecule has 0 aliphatic rings. The minimum absolute atomic E-state index is 0.945. The first-order chi connectivity index (χ1) is 8.81. The Hall–Kier alpha value is 0. The van der Waals surface area contributed by atoms with Crippen LogP contribution in [0.3, 0.4) is 0 Å². The van der Waals surface area contributed by atoms with Gasteiger partial charge >= 0.3 is 0 Å². The first-order valence-electron chi connectivity index (χ1n) is 8.39. The van der Waals surface area contributed by atoms with Crippen molar-refractivity contribution in [2.75, 3.05) is 0 Å². The van der Waals surface area contributed by atoms with Crippen molar-refractivity contribution in [3.8, 4) is 0 Å². The largest absolute Gasteiger partial charge is 0.0625 e. The Morgan fingerprint density at radius 3 is 1.33 bits per heavy atom. The van der Waals surface area contributed by atoms with E-state index in [0.717, 1.165) is 18.8 Å². The van der Waals surface area contributed by atoms with Gasteiger partial charge in [-0.1, -0.05) is 111 Å². The van der Waals surface area contributed by atoms with E-state index in [2.05, 4.69) is 20.8 Å². The SMILES string of the molecule is [CH2]CCCCCCCCCC(C)CCCCC[CH2]. The van der Waals surface area contributed by atoms with E-state index < -0.39 is 0 Å². The first-order valence-corrected chi connectivity index (χ1v) is 8.39. The predicted octanol–water partition coefficient (Wildman–Crippen LogP) is 6.75. The third kappa shape index (κ3) is 14.1. The van der Waals surface area contributed by atoms with Gasteiger partial charge in [-0.2, -0.15) is 0 Å². The molecule has 0 spiro atoms. The zero-order valence-electron chi connectivity index (χ0n) is 12.9. The van der Waals surface area contributed by atoms with Gasteiger partial charge in [0.1, 0.15) is 0 Å². The van der Waals surface area contributed by atoms with Gasteiger partial charge in [0.25, 0.3) is 0 Å². The maximum Gasteiger partial charge on any atom is -0.0443 e. The molecule has 0 amide bonds. The molecule has 1 unspecified atom stereocenters. The van der Waals surface area contributed by atoms with Crippen molar-refractivity contribution in [1.82, 2.24) is 0 Å². The van der Waals surface area contributed by atoms with E-state index in [-0.39, 0.29) is 0 Å². The van der Waals surface area contributed by atoms with Crippen LogP contribution >= 0.6 is 0 Å². The molecule has 0 aromatic carbocycles. The summed E-state index contributed by atoms with van der Waals surface area (Å²) in [6.07, 6.45) is 19.2. The van der Waals surface area contributed by atoms with E-state index in [1.165, 1.54) is 77.0 Å². The van der Waals surface area contributed by atoms with Gasteiger partial charge in [0.15, 0.2) is 0 Å². The van der Waals surface area contributed by atoms with Gasteiger partial charge in [-0.25, -0.2) is 0 Å². The second kappa shape index (κ2) is 15.1. The summed E-state index contributed by atoms with van der Waals surface area (Å²) < 4.78 is 0. The fraction of sp³-hybridized carbons (Fsp3) is 0.889. The van der Waals surface area contributed by atoms with E-state index in [1.54, 1.807) is 0 Å². The van der Waals surface area contributed by atoms with Crippen molar-refractivity contribution in [2.24, 2.45) is 5.92 Å². The van der Waals surface area contributed by atoms with Crippen LogP contribution in [0.1, 0.15) is 96.8 Å². The van der Waals surface area contributed by atoms with Crippen LogP contribution in [0.2, 0.25) is 0 Å². The van der Waals surface area contributed by atoms with Crippen LogP contribution in [-0.2, 0) is 0 Å². The number of rotatable bonds is 14. The zero-order valence-corrected chi connectivity index (χ0v) is 12.9. The molecule has 0 heteroatoms. The summed E-state index contributed by atoms with van der Waals surface area (Å²) in [7, 11) is 0.